The fraction of sp³-hybridized carbons (Fsp3) is 0.625. The van der Waals surface area contributed by atoms with Gasteiger partial charge >= 0.3 is 0 Å². The van der Waals surface area contributed by atoms with Crippen LogP contribution in [0.1, 0.15) is 18.9 Å². The van der Waals surface area contributed by atoms with E-state index in [0.29, 0.717) is 11.8 Å². The zero-order chi connectivity index (χ0) is 14.4. The molecule has 1 fully saturated rings. The standard InChI is InChI=1S/C16H26N2OS/c1-14(6-11-20-2)18-9-7-17(8-10-18)13-15-4-3-5-16(19)12-15/h3-5,12,14,19H,6-11,13H2,1-2H3/t14-/m1/s1. The Hall–Kier alpha value is -0.710. The summed E-state index contributed by atoms with van der Waals surface area (Å²) in [5.41, 5.74) is 1.20. The lowest BCUT2D eigenvalue weighted by Gasteiger charge is -2.38. The van der Waals surface area contributed by atoms with Crippen LogP contribution in [-0.4, -0.2) is 59.1 Å². The minimum atomic E-state index is 0.367. The van der Waals surface area contributed by atoms with Crippen molar-refractivity contribution in [2.75, 3.05) is 38.2 Å². The van der Waals surface area contributed by atoms with Crippen molar-refractivity contribution in [2.45, 2.75) is 25.9 Å². The molecule has 0 bridgehead atoms. The molecule has 0 amide bonds. The molecule has 20 heavy (non-hydrogen) atoms. The van der Waals surface area contributed by atoms with Gasteiger partial charge in [0, 0.05) is 38.8 Å². The van der Waals surface area contributed by atoms with Gasteiger partial charge in [-0.05, 0) is 43.0 Å². The number of aromatic hydroxyl groups is 1. The molecule has 1 aliphatic rings. The van der Waals surface area contributed by atoms with Gasteiger partial charge in [0.15, 0.2) is 0 Å². The van der Waals surface area contributed by atoms with E-state index in [0.717, 1.165) is 32.7 Å². The third-order valence-electron chi connectivity index (χ3n) is 4.09. The summed E-state index contributed by atoms with van der Waals surface area (Å²) in [5, 5.41) is 9.51. The van der Waals surface area contributed by atoms with Gasteiger partial charge in [0.05, 0.1) is 0 Å². The van der Waals surface area contributed by atoms with Gasteiger partial charge in [-0.3, -0.25) is 9.80 Å². The van der Waals surface area contributed by atoms with E-state index >= 15 is 0 Å². The Kier molecular flexibility index (Phi) is 6.20. The summed E-state index contributed by atoms with van der Waals surface area (Å²) in [5.74, 6) is 1.62. The summed E-state index contributed by atoms with van der Waals surface area (Å²) in [7, 11) is 0. The molecule has 0 aromatic heterocycles. The summed E-state index contributed by atoms with van der Waals surface area (Å²) in [4.78, 5) is 5.09. The minimum Gasteiger partial charge on any atom is -0.508 e. The number of hydrogen-bond acceptors (Lipinski definition) is 4. The van der Waals surface area contributed by atoms with Crippen molar-refractivity contribution in [1.29, 1.82) is 0 Å². The highest BCUT2D eigenvalue weighted by Crippen LogP contribution is 2.16. The molecule has 112 valence electrons. The van der Waals surface area contributed by atoms with Crippen molar-refractivity contribution < 1.29 is 5.11 Å². The quantitative estimate of drug-likeness (QED) is 0.872. The van der Waals surface area contributed by atoms with Gasteiger partial charge in [-0.15, -0.1) is 0 Å². The molecule has 0 saturated carbocycles. The molecule has 1 aromatic carbocycles. The number of benzene rings is 1. The Morgan fingerprint density at radius 2 is 2.00 bits per heavy atom. The second-order valence-corrected chi connectivity index (χ2v) is 6.60. The van der Waals surface area contributed by atoms with E-state index in [-0.39, 0.29) is 0 Å². The second-order valence-electron chi connectivity index (χ2n) is 5.61. The van der Waals surface area contributed by atoms with Gasteiger partial charge in [0.25, 0.3) is 0 Å². The number of nitrogens with zero attached hydrogens (tertiary/aromatic N) is 2. The largest absolute Gasteiger partial charge is 0.508 e. The predicted octanol–water partition coefficient (Wildman–Crippen LogP) is 2.65. The number of phenolic OH excluding ortho intramolecular Hbond substituents is 1. The highest BCUT2D eigenvalue weighted by molar-refractivity contribution is 7.98. The van der Waals surface area contributed by atoms with Crippen molar-refractivity contribution in [1.82, 2.24) is 9.80 Å². The maximum absolute atomic E-state index is 9.51. The molecule has 4 heteroatoms. The fourth-order valence-electron chi connectivity index (χ4n) is 2.75. The third kappa shape index (κ3) is 4.69. The monoisotopic (exact) mass is 294 g/mol. The summed E-state index contributed by atoms with van der Waals surface area (Å²) in [6, 6.07) is 8.31. The number of piperazine rings is 1. The zero-order valence-electron chi connectivity index (χ0n) is 12.6. The van der Waals surface area contributed by atoms with Crippen LogP contribution in [0.5, 0.6) is 5.75 Å². The maximum Gasteiger partial charge on any atom is 0.115 e. The molecule has 1 heterocycles. The third-order valence-corrected chi connectivity index (χ3v) is 4.73. The zero-order valence-corrected chi connectivity index (χ0v) is 13.4. The normalized spacial score (nSPS) is 19.1. The average Bonchev–Trinajstić information content (AvgIpc) is 2.45. The van der Waals surface area contributed by atoms with Gasteiger partial charge in [0.1, 0.15) is 5.75 Å². The van der Waals surface area contributed by atoms with Crippen molar-refractivity contribution in [3.05, 3.63) is 29.8 Å². The smallest absolute Gasteiger partial charge is 0.115 e. The van der Waals surface area contributed by atoms with E-state index in [9.17, 15) is 5.11 Å². The van der Waals surface area contributed by atoms with Gasteiger partial charge in [0.2, 0.25) is 0 Å². The summed E-state index contributed by atoms with van der Waals surface area (Å²) in [6.07, 6.45) is 3.47. The lowest BCUT2D eigenvalue weighted by Crippen LogP contribution is -2.49. The molecule has 0 radical (unpaired) electrons. The van der Waals surface area contributed by atoms with Gasteiger partial charge in [-0.25, -0.2) is 0 Å². The SMILES string of the molecule is CSCC[C@@H](C)N1CCN(Cc2cccc(O)c2)CC1. The van der Waals surface area contributed by atoms with Gasteiger partial charge in [-0.2, -0.15) is 11.8 Å². The Morgan fingerprint density at radius 1 is 1.25 bits per heavy atom. The summed E-state index contributed by atoms with van der Waals surface area (Å²) >= 11 is 1.94. The molecule has 1 N–H and O–H groups in total. The van der Waals surface area contributed by atoms with Gasteiger partial charge < -0.3 is 5.11 Å². The first kappa shape index (κ1) is 15.7. The number of rotatable bonds is 6. The molecule has 1 aromatic rings. The minimum absolute atomic E-state index is 0.367. The van der Waals surface area contributed by atoms with E-state index in [1.165, 1.54) is 17.7 Å². The molecule has 0 unspecified atom stereocenters. The van der Waals surface area contributed by atoms with Crippen molar-refractivity contribution in [3.63, 3.8) is 0 Å². The molecule has 1 saturated heterocycles. The lowest BCUT2D eigenvalue weighted by molar-refractivity contribution is 0.0967. The molecular weight excluding hydrogens is 268 g/mol. The fourth-order valence-corrected chi connectivity index (χ4v) is 3.32. The van der Waals surface area contributed by atoms with Crippen molar-refractivity contribution in [3.8, 4) is 5.75 Å². The number of phenols is 1. The molecule has 2 rings (SSSR count). The summed E-state index contributed by atoms with van der Waals surface area (Å²) in [6.45, 7) is 7.86. The Bertz CT molecular complexity index is 405. The Labute approximate surface area is 127 Å². The first-order valence-electron chi connectivity index (χ1n) is 7.42. The lowest BCUT2D eigenvalue weighted by atomic mass is 10.1. The van der Waals surface area contributed by atoms with Crippen LogP contribution in [0.4, 0.5) is 0 Å². The first-order chi connectivity index (χ1) is 9.69. The highest BCUT2D eigenvalue weighted by atomic mass is 32.2. The van der Waals surface area contributed by atoms with E-state index in [2.05, 4.69) is 29.0 Å². The van der Waals surface area contributed by atoms with Crippen LogP contribution in [0.15, 0.2) is 24.3 Å². The van der Waals surface area contributed by atoms with Crippen LogP contribution in [0.2, 0.25) is 0 Å². The van der Waals surface area contributed by atoms with E-state index in [4.69, 9.17) is 0 Å². The van der Waals surface area contributed by atoms with E-state index in [1.807, 2.05) is 23.9 Å². The molecule has 3 nitrogen and oxygen atoms in total. The second kappa shape index (κ2) is 7.91. The molecule has 1 atom stereocenters. The van der Waals surface area contributed by atoms with Crippen LogP contribution < -0.4 is 0 Å². The van der Waals surface area contributed by atoms with Crippen LogP contribution in [0.3, 0.4) is 0 Å². The maximum atomic E-state index is 9.51. The van der Waals surface area contributed by atoms with Crippen LogP contribution in [0, 0.1) is 0 Å². The molecule has 0 aliphatic carbocycles. The van der Waals surface area contributed by atoms with E-state index < -0.39 is 0 Å². The van der Waals surface area contributed by atoms with Gasteiger partial charge in [-0.1, -0.05) is 12.1 Å². The topological polar surface area (TPSA) is 26.7 Å². The Morgan fingerprint density at radius 3 is 2.65 bits per heavy atom. The molecule has 1 aliphatic heterocycles. The number of hydrogen-bond donors (Lipinski definition) is 1. The van der Waals surface area contributed by atoms with Crippen LogP contribution in [-0.2, 0) is 6.54 Å². The molecule has 0 spiro atoms. The molecular formula is C16H26N2OS. The Balaban J connectivity index is 1.76. The highest BCUT2D eigenvalue weighted by Gasteiger charge is 2.20. The summed E-state index contributed by atoms with van der Waals surface area (Å²) < 4.78 is 0. The van der Waals surface area contributed by atoms with Crippen LogP contribution >= 0.6 is 11.8 Å². The van der Waals surface area contributed by atoms with Crippen LogP contribution in [0.25, 0.3) is 0 Å². The van der Waals surface area contributed by atoms with Crippen molar-refractivity contribution >= 4 is 11.8 Å². The number of thioether (sulfide) groups is 1. The average molecular weight is 294 g/mol. The predicted molar refractivity (Wildman–Crippen MR) is 87.4 cm³/mol. The van der Waals surface area contributed by atoms with E-state index in [1.54, 1.807) is 6.07 Å². The first-order valence-corrected chi connectivity index (χ1v) is 8.81. The van der Waals surface area contributed by atoms with Crippen molar-refractivity contribution in [2.24, 2.45) is 0 Å².